The van der Waals surface area contributed by atoms with Crippen LogP contribution in [0.1, 0.15) is 24.2 Å². The maximum atomic E-state index is 12.0. The SMILES string of the molecule is CC(C)C(CN)C(=O)Nc1ccc(Br)cc1C(=O)O. The highest BCUT2D eigenvalue weighted by Crippen LogP contribution is 2.22. The molecule has 6 heteroatoms. The minimum Gasteiger partial charge on any atom is -0.478 e. The summed E-state index contributed by atoms with van der Waals surface area (Å²) in [6, 6.07) is 4.68. The number of carbonyl (C=O) groups excluding carboxylic acids is 1. The third kappa shape index (κ3) is 4.04. The molecule has 0 radical (unpaired) electrons. The van der Waals surface area contributed by atoms with Gasteiger partial charge in [0.15, 0.2) is 0 Å². The zero-order chi connectivity index (χ0) is 14.6. The van der Waals surface area contributed by atoms with Crippen LogP contribution in [0.2, 0.25) is 0 Å². The lowest BCUT2D eigenvalue weighted by molar-refractivity contribution is -0.120. The number of aromatic carboxylic acids is 1. The zero-order valence-corrected chi connectivity index (χ0v) is 12.4. The molecule has 1 aromatic rings. The number of nitrogens with two attached hydrogens (primary N) is 1. The normalized spacial score (nSPS) is 12.3. The van der Waals surface area contributed by atoms with Crippen molar-refractivity contribution in [1.82, 2.24) is 0 Å². The third-order valence-electron chi connectivity index (χ3n) is 2.87. The Labute approximate surface area is 120 Å². The minimum atomic E-state index is -1.09. The molecule has 4 N–H and O–H groups in total. The molecule has 0 saturated carbocycles. The van der Waals surface area contributed by atoms with Crippen molar-refractivity contribution in [2.45, 2.75) is 13.8 Å². The number of rotatable bonds is 5. The molecule has 1 unspecified atom stereocenters. The Morgan fingerprint density at radius 1 is 1.42 bits per heavy atom. The average molecular weight is 329 g/mol. The molecular formula is C13H17BrN2O3. The first kappa shape index (κ1) is 15.7. The molecule has 0 heterocycles. The summed E-state index contributed by atoms with van der Waals surface area (Å²) in [5, 5.41) is 11.7. The van der Waals surface area contributed by atoms with Crippen LogP contribution in [-0.2, 0) is 4.79 Å². The summed E-state index contributed by atoms with van der Waals surface area (Å²) in [5.74, 6) is -1.60. The van der Waals surface area contributed by atoms with Crippen molar-refractivity contribution >= 4 is 33.5 Å². The monoisotopic (exact) mass is 328 g/mol. The fraction of sp³-hybridized carbons (Fsp3) is 0.385. The number of benzene rings is 1. The van der Waals surface area contributed by atoms with Crippen LogP contribution in [0.4, 0.5) is 5.69 Å². The molecule has 0 fully saturated rings. The van der Waals surface area contributed by atoms with E-state index in [0.717, 1.165) is 0 Å². The number of nitrogens with one attached hydrogen (secondary N) is 1. The quantitative estimate of drug-likeness (QED) is 0.773. The Morgan fingerprint density at radius 2 is 2.05 bits per heavy atom. The standard InChI is InChI=1S/C13H17BrN2O3/c1-7(2)10(6-15)12(17)16-11-4-3-8(14)5-9(11)13(18)19/h3-5,7,10H,6,15H2,1-2H3,(H,16,17)(H,18,19). The Balaban J connectivity index is 2.99. The first-order valence-corrected chi connectivity index (χ1v) is 6.70. The van der Waals surface area contributed by atoms with Gasteiger partial charge < -0.3 is 16.2 Å². The summed E-state index contributed by atoms with van der Waals surface area (Å²) < 4.78 is 0.641. The van der Waals surface area contributed by atoms with Crippen LogP contribution in [0.15, 0.2) is 22.7 Å². The van der Waals surface area contributed by atoms with Crippen molar-refractivity contribution in [3.63, 3.8) is 0 Å². The van der Waals surface area contributed by atoms with E-state index in [2.05, 4.69) is 21.2 Å². The molecule has 0 saturated heterocycles. The highest BCUT2D eigenvalue weighted by molar-refractivity contribution is 9.10. The molecule has 104 valence electrons. The van der Waals surface area contributed by atoms with Gasteiger partial charge in [-0.1, -0.05) is 29.8 Å². The van der Waals surface area contributed by atoms with Crippen LogP contribution in [-0.4, -0.2) is 23.5 Å². The van der Waals surface area contributed by atoms with Crippen molar-refractivity contribution in [2.75, 3.05) is 11.9 Å². The molecule has 19 heavy (non-hydrogen) atoms. The predicted molar refractivity (Wildman–Crippen MR) is 77.1 cm³/mol. The summed E-state index contributed by atoms with van der Waals surface area (Å²) >= 11 is 3.20. The third-order valence-corrected chi connectivity index (χ3v) is 3.36. The molecule has 0 aliphatic rings. The lowest BCUT2D eigenvalue weighted by Gasteiger charge is -2.19. The van der Waals surface area contributed by atoms with E-state index in [1.54, 1.807) is 12.1 Å². The number of hydrogen-bond donors (Lipinski definition) is 3. The van der Waals surface area contributed by atoms with E-state index < -0.39 is 5.97 Å². The number of halogens is 1. The molecule has 1 aromatic carbocycles. The largest absolute Gasteiger partial charge is 0.478 e. The molecular weight excluding hydrogens is 312 g/mol. The molecule has 0 bridgehead atoms. The number of amides is 1. The minimum absolute atomic E-state index is 0.0438. The fourth-order valence-corrected chi connectivity index (χ4v) is 2.07. The van der Waals surface area contributed by atoms with E-state index in [0.29, 0.717) is 4.47 Å². The van der Waals surface area contributed by atoms with Crippen LogP contribution in [0.3, 0.4) is 0 Å². The predicted octanol–water partition coefficient (Wildman–Crippen LogP) is 2.32. The van der Waals surface area contributed by atoms with E-state index in [1.165, 1.54) is 6.07 Å². The second-order valence-corrected chi connectivity index (χ2v) is 5.49. The van der Waals surface area contributed by atoms with Crippen molar-refractivity contribution in [3.8, 4) is 0 Å². The molecule has 0 aromatic heterocycles. The van der Waals surface area contributed by atoms with Crippen molar-refractivity contribution in [1.29, 1.82) is 0 Å². The Bertz CT molecular complexity index is 489. The smallest absolute Gasteiger partial charge is 0.337 e. The second-order valence-electron chi connectivity index (χ2n) is 4.57. The van der Waals surface area contributed by atoms with Crippen LogP contribution in [0, 0.1) is 11.8 Å². The van der Waals surface area contributed by atoms with Crippen LogP contribution in [0.5, 0.6) is 0 Å². The van der Waals surface area contributed by atoms with Crippen LogP contribution in [0.25, 0.3) is 0 Å². The topological polar surface area (TPSA) is 92.4 Å². The molecule has 5 nitrogen and oxygen atoms in total. The first-order chi connectivity index (χ1) is 8.86. The maximum Gasteiger partial charge on any atom is 0.337 e. The number of carboxylic acids is 1. The van der Waals surface area contributed by atoms with Gasteiger partial charge in [-0.2, -0.15) is 0 Å². The van der Waals surface area contributed by atoms with Gasteiger partial charge in [0.2, 0.25) is 5.91 Å². The summed E-state index contributed by atoms with van der Waals surface area (Å²) in [4.78, 5) is 23.2. The van der Waals surface area contributed by atoms with Gasteiger partial charge in [-0.3, -0.25) is 4.79 Å². The van der Waals surface area contributed by atoms with E-state index in [-0.39, 0.29) is 35.5 Å². The first-order valence-electron chi connectivity index (χ1n) is 5.90. The number of carboxylic acid groups (broad SMARTS) is 1. The molecule has 0 aliphatic heterocycles. The number of hydrogen-bond acceptors (Lipinski definition) is 3. The van der Waals surface area contributed by atoms with Gasteiger partial charge in [0.05, 0.1) is 17.2 Å². The van der Waals surface area contributed by atoms with E-state index >= 15 is 0 Å². The summed E-state index contributed by atoms with van der Waals surface area (Å²) in [6.45, 7) is 4.02. The van der Waals surface area contributed by atoms with Crippen LogP contribution >= 0.6 is 15.9 Å². The van der Waals surface area contributed by atoms with Crippen molar-refractivity contribution in [3.05, 3.63) is 28.2 Å². The molecule has 1 amide bonds. The average Bonchev–Trinajstić information content (AvgIpc) is 2.31. The lowest BCUT2D eigenvalue weighted by Crippen LogP contribution is -2.33. The summed E-state index contributed by atoms with van der Waals surface area (Å²) in [7, 11) is 0. The maximum absolute atomic E-state index is 12.0. The van der Waals surface area contributed by atoms with E-state index in [9.17, 15) is 9.59 Å². The van der Waals surface area contributed by atoms with Gasteiger partial charge in [0.1, 0.15) is 0 Å². The molecule has 0 aliphatic carbocycles. The van der Waals surface area contributed by atoms with Crippen molar-refractivity contribution in [2.24, 2.45) is 17.6 Å². The highest BCUT2D eigenvalue weighted by Gasteiger charge is 2.22. The molecule has 1 atom stereocenters. The van der Waals surface area contributed by atoms with Gasteiger partial charge in [-0.05, 0) is 24.1 Å². The van der Waals surface area contributed by atoms with Gasteiger partial charge >= 0.3 is 5.97 Å². The summed E-state index contributed by atoms with van der Waals surface area (Å²) in [6.07, 6.45) is 0. The Morgan fingerprint density at radius 3 is 2.53 bits per heavy atom. The van der Waals surface area contributed by atoms with Gasteiger partial charge in [0.25, 0.3) is 0 Å². The Kier molecular flexibility index (Phi) is 5.50. The van der Waals surface area contributed by atoms with Crippen LogP contribution < -0.4 is 11.1 Å². The molecule has 0 spiro atoms. The number of carbonyl (C=O) groups is 2. The molecule has 1 rings (SSSR count). The lowest BCUT2D eigenvalue weighted by atomic mass is 9.95. The Hall–Kier alpha value is -1.40. The van der Waals surface area contributed by atoms with Gasteiger partial charge in [-0.15, -0.1) is 0 Å². The summed E-state index contributed by atoms with van der Waals surface area (Å²) in [5.41, 5.74) is 5.89. The zero-order valence-electron chi connectivity index (χ0n) is 10.8. The number of anilines is 1. The van der Waals surface area contributed by atoms with Gasteiger partial charge in [0, 0.05) is 11.0 Å². The van der Waals surface area contributed by atoms with E-state index in [4.69, 9.17) is 10.8 Å². The highest BCUT2D eigenvalue weighted by atomic mass is 79.9. The fourth-order valence-electron chi connectivity index (χ4n) is 1.71. The second kappa shape index (κ2) is 6.68. The van der Waals surface area contributed by atoms with Crippen molar-refractivity contribution < 1.29 is 14.7 Å². The van der Waals surface area contributed by atoms with E-state index in [1.807, 2.05) is 13.8 Å². The van der Waals surface area contributed by atoms with Gasteiger partial charge in [-0.25, -0.2) is 4.79 Å².